The van der Waals surface area contributed by atoms with Crippen molar-refractivity contribution < 1.29 is 0 Å². The normalized spacial score (nSPS) is 19.1. The van der Waals surface area contributed by atoms with E-state index in [1.807, 2.05) is 6.07 Å². The molecule has 0 aromatic heterocycles. The molecule has 0 amide bonds. The Balaban J connectivity index is 2.84. The predicted molar refractivity (Wildman–Crippen MR) is 56.2 cm³/mol. The average molecular weight is 173 g/mol. The molecule has 0 bridgehead atoms. The highest BCUT2D eigenvalue weighted by atomic mass is 14.6. The van der Waals surface area contributed by atoms with E-state index in [2.05, 4.69) is 38.1 Å². The van der Waals surface area contributed by atoms with Gasteiger partial charge in [-0.15, -0.1) is 0 Å². The molecule has 2 N–H and O–H groups in total. The Hall–Kier alpha value is -1.24. The van der Waals surface area contributed by atoms with Crippen molar-refractivity contribution in [2.75, 3.05) is 0 Å². The van der Waals surface area contributed by atoms with Crippen LogP contribution in [0.4, 0.5) is 0 Å². The standard InChI is InChI=1S/C12H15N/c1-12(2)8-7-9-5-3-4-6-10(9)11(12)13/h3-7H,8,13H2,1-2H3. The van der Waals surface area contributed by atoms with Crippen LogP contribution in [0, 0.1) is 5.41 Å². The van der Waals surface area contributed by atoms with Gasteiger partial charge in [0.1, 0.15) is 0 Å². The summed E-state index contributed by atoms with van der Waals surface area (Å²) in [5.74, 6) is 0. The van der Waals surface area contributed by atoms with Gasteiger partial charge in [-0.05, 0) is 11.6 Å². The predicted octanol–water partition coefficient (Wildman–Crippen LogP) is 0.964. The third-order valence-electron chi connectivity index (χ3n) is 2.81. The SMILES string of the molecule is CC1(C)CC=c2ccccc2=C1N. The maximum atomic E-state index is 6.12. The third kappa shape index (κ3) is 1.24. The minimum Gasteiger partial charge on any atom is -0.401 e. The molecule has 0 unspecified atom stereocenters. The number of rotatable bonds is 0. The third-order valence-corrected chi connectivity index (χ3v) is 2.81. The monoisotopic (exact) mass is 173 g/mol. The fourth-order valence-electron chi connectivity index (χ4n) is 1.76. The first kappa shape index (κ1) is 8.36. The molecule has 0 fully saturated rings. The van der Waals surface area contributed by atoms with E-state index in [1.165, 1.54) is 10.4 Å². The number of hydrogen-bond acceptors (Lipinski definition) is 1. The Bertz CT molecular complexity index is 440. The highest BCUT2D eigenvalue weighted by molar-refractivity contribution is 5.54. The zero-order valence-electron chi connectivity index (χ0n) is 8.17. The van der Waals surface area contributed by atoms with Gasteiger partial charge in [-0.2, -0.15) is 0 Å². The van der Waals surface area contributed by atoms with E-state index >= 15 is 0 Å². The van der Waals surface area contributed by atoms with Gasteiger partial charge in [-0.3, -0.25) is 0 Å². The van der Waals surface area contributed by atoms with Gasteiger partial charge in [0.2, 0.25) is 0 Å². The Morgan fingerprint density at radius 3 is 2.69 bits per heavy atom. The molecule has 0 heterocycles. The molecule has 0 radical (unpaired) electrons. The van der Waals surface area contributed by atoms with Crippen molar-refractivity contribution in [1.82, 2.24) is 0 Å². The minimum atomic E-state index is 0.119. The Kier molecular flexibility index (Phi) is 1.69. The largest absolute Gasteiger partial charge is 0.401 e. The molecule has 0 spiro atoms. The molecule has 13 heavy (non-hydrogen) atoms. The smallest absolute Gasteiger partial charge is 0.0220 e. The van der Waals surface area contributed by atoms with E-state index in [4.69, 9.17) is 5.73 Å². The van der Waals surface area contributed by atoms with E-state index in [0.29, 0.717) is 0 Å². The molecule has 1 aromatic carbocycles. The number of benzene rings is 1. The van der Waals surface area contributed by atoms with Crippen LogP contribution in [-0.2, 0) is 0 Å². The first-order chi connectivity index (χ1) is 6.11. The van der Waals surface area contributed by atoms with Crippen LogP contribution >= 0.6 is 0 Å². The van der Waals surface area contributed by atoms with Gasteiger partial charge in [0.05, 0.1) is 0 Å². The Labute approximate surface area is 78.6 Å². The molecule has 1 aromatic rings. The molecule has 1 heteroatoms. The van der Waals surface area contributed by atoms with Crippen LogP contribution in [-0.4, -0.2) is 0 Å². The lowest BCUT2D eigenvalue weighted by Crippen LogP contribution is -2.39. The van der Waals surface area contributed by atoms with Crippen molar-refractivity contribution >= 4 is 11.8 Å². The Morgan fingerprint density at radius 2 is 1.92 bits per heavy atom. The van der Waals surface area contributed by atoms with E-state index in [9.17, 15) is 0 Å². The van der Waals surface area contributed by atoms with E-state index in [1.54, 1.807) is 0 Å². The molecular formula is C12H15N. The summed E-state index contributed by atoms with van der Waals surface area (Å²) in [6, 6.07) is 8.32. The molecule has 0 atom stereocenters. The molecular weight excluding hydrogens is 158 g/mol. The fraction of sp³-hybridized carbons (Fsp3) is 0.333. The average Bonchev–Trinajstić information content (AvgIpc) is 2.13. The molecule has 68 valence electrons. The van der Waals surface area contributed by atoms with Gasteiger partial charge >= 0.3 is 0 Å². The van der Waals surface area contributed by atoms with Gasteiger partial charge in [-0.25, -0.2) is 0 Å². The van der Waals surface area contributed by atoms with Crippen LogP contribution in [0.25, 0.3) is 11.8 Å². The lowest BCUT2D eigenvalue weighted by atomic mass is 9.81. The van der Waals surface area contributed by atoms with Gasteiger partial charge in [-0.1, -0.05) is 44.2 Å². The summed E-state index contributed by atoms with van der Waals surface area (Å²) in [5.41, 5.74) is 7.26. The van der Waals surface area contributed by atoms with Gasteiger partial charge in [0, 0.05) is 16.3 Å². The Morgan fingerprint density at radius 1 is 1.23 bits per heavy atom. The van der Waals surface area contributed by atoms with E-state index in [-0.39, 0.29) is 5.41 Å². The highest BCUT2D eigenvalue weighted by Crippen LogP contribution is 2.28. The summed E-state index contributed by atoms with van der Waals surface area (Å²) < 4.78 is 0. The van der Waals surface area contributed by atoms with Crippen molar-refractivity contribution in [1.29, 1.82) is 0 Å². The van der Waals surface area contributed by atoms with Crippen molar-refractivity contribution in [3.05, 3.63) is 34.7 Å². The molecule has 0 saturated carbocycles. The minimum absolute atomic E-state index is 0.119. The zero-order valence-corrected chi connectivity index (χ0v) is 8.17. The lowest BCUT2D eigenvalue weighted by molar-refractivity contribution is 0.507. The van der Waals surface area contributed by atoms with Crippen molar-refractivity contribution in [3.63, 3.8) is 0 Å². The van der Waals surface area contributed by atoms with Crippen molar-refractivity contribution in [2.45, 2.75) is 20.3 Å². The molecule has 0 aliphatic heterocycles. The number of hydrogen-bond donors (Lipinski definition) is 1. The van der Waals surface area contributed by atoms with Gasteiger partial charge < -0.3 is 5.73 Å². The summed E-state index contributed by atoms with van der Waals surface area (Å²) in [5, 5.41) is 2.48. The second kappa shape index (κ2) is 2.63. The summed E-state index contributed by atoms with van der Waals surface area (Å²) in [6.45, 7) is 4.38. The van der Waals surface area contributed by atoms with Gasteiger partial charge in [0.15, 0.2) is 0 Å². The maximum Gasteiger partial charge on any atom is 0.0220 e. The summed E-state index contributed by atoms with van der Waals surface area (Å²) >= 11 is 0. The van der Waals surface area contributed by atoms with E-state index in [0.717, 1.165) is 12.1 Å². The van der Waals surface area contributed by atoms with Crippen LogP contribution in [0.5, 0.6) is 0 Å². The van der Waals surface area contributed by atoms with Gasteiger partial charge in [0.25, 0.3) is 0 Å². The molecule has 1 aliphatic rings. The van der Waals surface area contributed by atoms with Crippen LogP contribution in [0.15, 0.2) is 24.3 Å². The van der Waals surface area contributed by atoms with Crippen molar-refractivity contribution in [2.24, 2.45) is 11.1 Å². The number of fused-ring (bicyclic) bond motifs is 1. The van der Waals surface area contributed by atoms with Crippen LogP contribution in [0.2, 0.25) is 0 Å². The van der Waals surface area contributed by atoms with Crippen molar-refractivity contribution in [3.8, 4) is 0 Å². The fourth-order valence-corrected chi connectivity index (χ4v) is 1.76. The first-order valence-corrected chi connectivity index (χ1v) is 4.67. The lowest BCUT2D eigenvalue weighted by Gasteiger charge is -2.26. The van der Waals surface area contributed by atoms with Crippen LogP contribution < -0.4 is 16.2 Å². The topological polar surface area (TPSA) is 26.0 Å². The highest BCUT2D eigenvalue weighted by Gasteiger charge is 2.22. The molecule has 1 nitrogen and oxygen atoms in total. The molecule has 2 rings (SSSR count). The molecule has 0 saturated heterocycles. The maximum absolute atomic E-state index is 6.12. The summed E-state index contributed by atoms with van der Waals surface area (Å²) in [7, 11) is 0. The summed E-state index contributed by atoms with van der Waals surface area (Å²) in [4.78, 5) is 0. The zero-order chi connectivity index (χ0) is 9.47. The van der Waals surface area contributed by atoms with Crippen LogP contribution in [0.3, 0.4) is 0 Å². The number of nitrogens with two attached hydrogens (primary N) is 1. The molecule has 1 aliphatic carbocycles. The quantitative estimate of drug-likeness (QED) is 0.621. The second-order valence-electron chi connectivity index (χ2n) is 4.29. The summed E-state index contributed by atoms with van der Waals surface area (Å²) in [6.07, 6.45) is 3.31. The van der Waals surface area contributed by atoms with E-state index < -0.39 is 0 Å². The second-order valence-corrected chi connectivity index (χ2v) is 4.29. The first-order valence-electron chi connectivity index (χ1n) is 4.67. The van der Waals surface area contributed by atoms with Crippen LogP contribution in [0.1, 0.15) is 20.3 Å².